The number of para-hydroxylation sites is 1. The molecule has 0 radical (unpaired) electrons. The number of hydrogen-bond acceptors (Lipinski definition) is 4. The highest BCUT2D eigenvalue weighted by molar-refractivity contribution is 5.96. The van der Waals surface area contributed by atoms with Crippen LogP contribution in [0.5, 0.6) is 5.75 Å². The van der Waals surface area contributed by atoms with Gasteiger partial charge in [-0.15, -0.1) is 0 Å². The highest BCUT2D eigenvalue weighted by Gasteiger charge is 2.15. The second kappa shape index (κ2) is 8.33. The third kappa shape index (κ3) is 4.83. The van der Waals surface area contributed by atoms with Crippen LogP contribution in [0.25, 0.3) is 0 Å². The summed E-state index contributed by atoms with van der Waals surface area (Å²) in [4.78, 5) is 23.9. The Hall–Kier alpha value is -2.82. The second-order valence-electron chi connectivity index (χ2n) is 6.03. The number of anilines is 1. The zero-order valence-corrected chi connectivity index (χ0v) is 14.7. The number of phenolic OH excluding ortho intramolecular Hbond substituents is 1. The Morgan fingerprint density at radius 2 is 1.84 bits per heavy atom. The van der Waals surface area contributed by atoms with Crippen molar-refractivity contribution in [2.24, 2.45) is 0 Å². The molecule has 0 aliphatic heterocycles. The van der Waals surface area contributed by atoms with E-state index in [1.165, 1.54) is 11.6 Å². The molecule has 0 bridgehead atoms. The molecule has 132 valence electrons. The Morgan fingerprint density at radius 3 is 2.48 bits per heavy atom. The minimum absolute atomic E-state index is 0.0470. The summed E-state index contributed by atoms with van der Waals surface area (Å²) in [6.07, 6.45) is 1.05. The molecule has 0 aliphatic carbocycles. The summed E-state index contributed by atoms with van der Waals surface area (Å²) in [6.45, 7) is 5.54. The molecule has 2 aromatic rings. The average Bonchev–Trinajstić information content (AvgIpc) is 2.62. The lowest BCUT2D eigenvalue weighted by atomic mass is 9.99. The van der Waals surface area contributed by atoms with Gasteiger partial charge in [-0.25, -0.2) is 4.79 Å². The molecule has 0 spiro atoms. The number of aromatic hydroxyl groups is 1. The van der Waals surface area contributed by atoms with Gasteiger partial charge in [0.2, 0.25) is 0 Å². The molecule has 0 fully saturated rings. The van der Waals surface area contributed by atoms with Gasteiger partial charge in [0, 0.05) is 5.69 Å². The summed E-state index contributed by atoms with van der Waals surface area (Å²) < 4.78 is 4.97. The molecule has 0 unspecified atom stereocenters. The van der Waals surface area contributed by atoms with Crippen molar-refractivity contribution in [1.29, 1.82) is 0 Å². The molecule has 0 heterocycles. The first-order valence-electron chi connectivity index (χ1n) is 8.27. The van der Waals surface area contributed by atoms with Gasteiger partial charge in [-0.2, -0.15) is 0 Å². The zero-order chi connectivity index (χ0) is 18.4. The van der Waals surface area contributed by atoms with Crippen molar-refractivity contribution in [2.75, 3.05) is 11.9 Å². The predicted octanol–water partition coefficient (Wildman–Crippen LogP) is 4.01. The minimum atomic E-state index is -0.733. The summed E-state index contributed by atoms with van der Waals surface area (Å²) >= 11 is 0. The van der Waals surface area contributed by atoms with Crippen LogP contribution >= 0.6 is 0 Å². The van der Waals surface area contributed by atoms with E-state index in [-0.39, 0.29) is 11.3 Å². The molecule has 2 rings (SSSR count). The number of ether oxygens (including phenoxy) is 1. The maximum Gasteiger partial charge on any atom is 0.342 e. The second-order valence-corrected chi connectivity index (χ2v) is 6.03. The van der Waals surface area contributed by atoms with Crippen molar-refractivity contribution in [1.82, 2.24) is 0 Å². The van der Waals surface area contributed by atoms with Crippen LogP contribution in [-0.2, 0) is 9.53 Å². The first kappa shape index (κ1) is 18.5. The van der Waals surface area contributed by atoms with Gasteiger partial charge >= 0.3 is 5.97 Å². The molecule has 1 atom stereocenters. The van der Waals surface area contributed by atoms with E-state index in [1.54, 1.807) is 19.1 Å². The molecule has 0 aliphatic rings. The van der Waals surface area contributed by atoms with E-state index in [1.807, 2.05) is 24.3 Å². The molecule has 0 saturated carbocycles. The Bertz CT molecular complexity index is 753. The standard InChI is InChI=1S/C20H23NO4/c1-4-13(2)15-8-10-16(11-9-15)21-18(22)12-25-20(24)17-7-5-6-14(3)19(17)23/h5-11,13,23H,4,12H2,1-3H3,(H,21,22)/t13-/m0/s1. The minimum Gasteiger partial charge on any atom is -0.507 e. The van der Waals surface area contributed by atoms with Crippen molar-refractivity contribution >= 4 is 17.6 Å². The maximum absolute atomic E-state index is 12.0. The van der Waals surface area contributed by atoms with Crippen LogP contribution in [0.4, 0.5) is 5.69 Å². The highest BCUT2D eigenvalue weighted by atomic mass is 16.5. The summed E-state index contributed by atoms with van der Waals surface area (Å²) in [5.41, 5.74) is 2.47. The van der Waals surface area contributed by atoms with E-state index in [2.05, 4.69) is 19.2 Å². The van der Waals surface area contributed by atoms with Crippen LogP contribution in [-0.4, -0.2) is 23.6 Å². The number of benzene rings is 2. The number of carbonyl (C=O) groups excluding carboxylic acids is 2. The van der Waals surface area contributed by atoms with Gasteiger partial charge < -0.3 is 15.2 Å². The fourth-order valence-electron chi connectivity index (χ4n) is 2.36. The summed E-state index contributed by atoms with van der Waals surface area (Å²) in [6, 6.07) is 12.4. The number of amides is 1. The normalized spacial score (nSPS) is 11.6. The van der Waals surface area contributed by atoms with Gasteiger partial charge in [0.15, 0.2) is 6.61 Å². The van der Waals surface area contributed by atoms with Crippen LogP contribution in [0.15, 0.2) is 42.5 Å². The van der Waals surface area contributed by atoms with Gasteiger partial charge in [-0.05, 0) is 48.6 Å². The third-order valence-corrected chi connectivity index (χ3v) is 4.17. The van der Waals surface area contributed by atoms with Gasteiger partial charge in [0.05, 0.1) is 0 Å². The average molecular weight is 341 g/mol. The molecule has 2 aromatic carbocycles. The van der Waals surface area contributed by atoms with E-state index >= 15 is 0 Å². The van der Waals surface area contributed by atoms with E-state index in [9.17, 15) is 14.7 Å². The Kier molecular flexibility index (Phi) is 6.17. The topological polar surface area (TPSA) is 75.6 Å². The van der Waals surface area contributed by atoms with Gasteiger partial charge in [-0.3, -0.25) is 4.79 Å². The van der Waals surface area contributed by atoms with Gasteiger partial charge in [0.1, 0.15) is 11.3 Å². The smallest absolute Gasteiger partial charge is 0.342 e. The van der Waals surface area contributed by atoms with E-state index in [0.717, 1.165) is 6.42 Å². The molecule has 0 saturated heterocycles. The first-order valence-corrected chi connectivity index (χ1v) is 8.27. The van der Waals surface area contributed by atoms with E-state index < -0.39 is 18.5 Å². The van der Waals surface area contributed by atoms with E-state index in [4.69, 9.17) is 4.74 Å². The molecule has 5 heteroatoms. The predicted molar refractivity (Wildman–Crippen MR) is 96.9 cm³/mol. The molecule has 5 nitrogen and oxygen atoms in total. The van der Waals surface area contributed by atoms with Crippen LogP contribution in [0.3, 0.4) is 0 Å². The monoisotopic (exact) mass is 341 g/mol. The quantitative estimate of drug-likeness (QED) is 0.779. The van der Waals surface area contributed by atoms with Crippen molar-refractivity contribution in [3.63, 3.8) is 0 Å². The molecular formula is C20H23NO4. The largest absolute Gasteiger partial charge is 0.507 e. The van der Waals surface area contributed by atoms with Crippen molar-refractivity contribution in [2.45, 2.75) is 33.1 Å². The Labute approximate surface area is 147 Å². The Balaban J connectivity index is 1.90. The Morgan fingerprint density at radius 1 is 1.16 bits per heavy atom. The number of phenols is 1. The SMILES string of the molecule is CC[C@H](C)c1ccc(NC(=O)COC(=O)c2cccc(C)c2O)cc1. The van der Waals surface area contributed by atoms with Crippen LogP contribution in [0.2, 0.25) is 0 Å². The third-order valence-electron chi connectivity index (χ3n) is 4.17. The van der Waals surface area contributed by atoms with Gasteiger partial charge in [-0.1, -0.05) is 38.1 Å². The van der Waals surface area contributed by atoms with Crippen LogP contribution in [0.1, 0.15) is 47.7 Å². The lowest BCUT2D eigenvalue weighted by Crippen LogP contribution is -2.21. The van der Waals surface area contributed by atoms with Crippen LogP contribution < -0.4 is 5.32 Å². The van der Waals surface area contributed by atoms with E-state index in [0.29, 0.717) is 17.2 Å². The molecule has 1 amide bonds. The molecule has 0 aromatic heterocycles. The molecule has 2 N–H and O–H groups in total. The summed E-state index contributed by atoms with van der Waals surface area (Å²) in [5, 5.41) is 12.5. The maximum atomic E-state index is 12.0. The van der Waals surface area contributed by atoms with Crippen LogP contribution in [0, 0.1) is 6.92 Å². The molecule has 25 heavy (non-hydrogen) atoms. The van der Waals surface area contributed by atoms with Gasteiger partial charge in [0.25, 0.3) is 5.91 Å². The summed E-state index contributed by atoms with van der Waals surface area (Å²) in [7, 11) is 0. The fourth-order valence-corrected chi connectivity index (χ4v) is 2.36. The zero-order valence-electron chi connectivity index (χ0n) is 14.7. The number of hydrogen-bond donors (Lipinski definition) is 2. The first-order chi connectivity index (χ1) is 11.9. The lowest BCUT2D eigenvalue weighted by Gasteiger charge is -2.11. The van der Waals surface area contributed by atoms with Crippen molar-refractivity contribution in [3.8, 4) is 5.75 Å². The number of carbonyl (C=O) groups is 2. The van der Waals surface area contributed by atoms with Crippen molar-refractivity contribution in [3.05, 3.63) is 59.2 Å². The number of aryl methyl sites for hydroxylation is 1. The fraction of sp³-hybridized carbons (Fsp3) is 0.300. The lowest BCUT2D eigenvalue weighted by molar-refractivity contribution is -0.119. The van der Waals surface area contributed by atoms with Crippen molar-refractivity contribution < 1.29 is 19.4 Å². The summed E-state index contributed by atoms with van der Waals surface area (Å²) in [5.74, 6) is -0.832. The molecular weight excluding hydrogens is 318 g/mol. The highest BCUT2D eigenvalue weighted by Crippen LogP contribution is 2.22. The number of esters is 1. The number of rotatable bonds is 6. The number of nitrogens with one attached hydrogen (secondary N) is 1.